The van der Waals surface area contributed by atoms with Crippen LogP contribution in [0, 0.1) is 6.92 Å². The van der Waals surface area contributed by atoms with E-state index in [9.17, 15) is 17.6 Å². The summed E-state index contributed by atoms with van der Waals surface area (Å²) in [5.74, 6) is 0.379. The predicted molar refractivity (Wildman–Crippen MR) is 118 cm³/mol. The van der Waals surface area contributed by atoms with Crippen molar-refractivity contribution in [3.63, 3.8) is 0 Å². The first kappa shape index (κ1) is 24.9. The highest BCUT2D eigenvalue weighted by atomic mass is 19.4. The van der Waals surface area contributed by atoms with Crippen LogP contribution in [0.15, 0.2) is 58.7 Å². The molecule has 0 radical (unpaired) electrons. The Morgan fingerprint density at radius 1 is 1.06 bits per heavy atom. The summed E-state index contributed by atoms with van der Waals surface area (Å²) in [6, 6.07) is 12.4. The van der Waals surface area contributed by atoms with Gasteiger partial charge in [-0.1, -0.05) is 41.6 Å². The Hall–Kier alpha value is -3.76. The van der Waals surface area contributed by atoms with Crippen LogP contribution in [0.25, 0.3) is 0 Å². The molecule has 3 rings (SSSR count). The standard InChI is InChI=1S/C23H23F4N5O2/c1-15-30-20(31-32(15)14-17-6-5-7-18(12-17)22(2,3)24)21(34-28-4)29-13-16-8-10-19(11-9-16)33-23(25,26)27/h5-12H,4,13-14H2,1-3H3/b29-21-. The second kappa shape index (κ2) is 10.0. The van der Waals surface area contributed by atoms with Crippen molar-refractivity contribution >= 4 is 12.6 Å². The minimum absolute atomic E-state index is 0.00823. The molecule has 11 heteroatoms. The van der Waals surface area contributed by atoms with Gasteiger partial charge in [0.2, 0.25) is 5.82 Å². The summed E-state index contributed by atoms with van der Waals surface area (Å²) in [4.78, 5) is 13.8. The highest BCUT2D eigenvalue weighted by molar-refractivity contribution is 5.90. The Kier molecular flexibility index (Phi) is 7.33. The maximum Gasteiger partial charge on any atom is 0.573 e. The van der Waals surface area contributed by atoms with Crippen LogP contribution < -0.4 is 4.74 Å². The third-order valence-corrected chi connectivity index (χ3v) is 4.71. The molecule has 7 nitrogen and oxygen atoms in total. The van der Waals surface area contributed by atoms with Gasteiger partial charge in [0, 0.05) is 6.72 Å². The van der Waals surface area contributed by atoms with Gasteiger partial charge in [0.15, 0.2) is 0 Å². The number of rotatable bonds is 8. The van der Waals surface area contributed by atoms with Gasteiger partial charge in [-0.3, -0.25) is 0 Å². The number of aromatic nitrogens is 3. The summed E-state index contributed by atoms with van der Waals surface area (Å²) >= 11 is 0. The maximum absolute atomic E-state index is 14.3. The van der Waals surface area contributed by atoms with E-state index in [-0.39, 0.29) is 24.0 Å². The molecule has 0 saturated carbocycles. The first-order chi connectivity index (χ1) is 15.9. The van der Waals surface area contributed by atoms with Gasteiger partial charge in [-0.15, -0.1) is 18.3 Å². The predicted octanol–water partition coefficient (Wildman–Crippen LogP) is 5.32. The van der Waals surface area contributed by atoms with Gasteiger partial charge >= 0.3 is 6.36 Å². The summed E-state index contributed by atoms with van der Waals surface area (Å²) in [7, 11) is 0. The first-order valence-corrected chi connectivity index (χ1v) is 10.2. The number of aliphatic imine (C=N–C) groups is 1. The van der Waals surface area contributed by atoms with Crippen molar-refractivity contribution in [3.8, 4) is 5.75 Å². The first-order valence-electron chi connectivity index (χ1n) is 10.2. The largest absolute Gasteiger partial charge is 0.573 e. The van der Waals surface area contributed by atoms with Crippen molar-refractivity contribution in [2.45, 2.75) is 45.9 Å². The number of halogens is 4. The molecule has 0 fully saturated rings. The molecule has 2 aromatic carbocycles. The lowest BCUT2D eigenvalue weighted by molar-refractivity contribution is -0.274. The number of benzene rings is 2. The molecule has 0 aliphatic heterocycles. The number of nitrogens with zero attached hydrogens (tertiary/aromatic N) is 5. The van der Waals surface area contributed by atoms with Crippen LogP contribution >= 0.6 is 0 Å². The smallest absolute Gasteiger partial charge is 0.406 e. The number of hydrogen-bond donors (Lipinski definition) is 0. The third-order valence-electron chi connectivity index (χ3n) is 4.71. The quantitative estimate of drug-likeness (QED) is 0.191. The molecule has 0 aliphatic carbocycles. The zero-order valence-corrected chi connectivity index (χ0v) is 18.8. The fraction of sp³-hybridized carbons (Fsp3) is 0.304. The van der Waals surface area contributed by atoms with E-state index in [1.807, 2.05) is 6.07 Å². The molecule has 34 heavy (non-hydrogen) atoms. The van der Waals surface area contributed by atoms with E-state index in [2.05, 4.69) is 31.7 Å². The van der Waals surface area contributed by atoms with Crippen LogP contribution in [0.2, 0.25) is 0 Å². The van der Waals surface area contributed by atoms with Crippen molar-refractivity contribution in [1.82, 2.24) is 14.8 Å². The van der Waals surface area contributed by atoms with E-state index in [1.54, 1.807) is 29.8 Å². The van der Waals surface area contributed by atoms with Gasteiger partial charge in [-0.2, -0.15) is 0 Å². The van der Waals surface area contributed by atoms with E-state index in [0.717, 1.165) is 5.56 Å². The molecule has 3 aromatic rings. The third kappa shape index (κ3) is 6.87. The number of aryl methyl sites for hydroxylation is 1. The Morgan fingerprint density at radius 2 is 1.76 bits per heavy atom. The van der Waals surface area contributed by atoms with Crippen molar-refractivity contribution in [2.24, 2.45) is 10.1 Å². The molecular weight excluding hydrogens is 454 g/mol. The average molecular weight is 477 g/mol. The van der Waals surface area contributed by atoms with Gasteiger partial charge < -0.3 is 9.57 Å². The number of ether oxygens (including phenoxy) is 1. The lowest BCUT2D eigenvalue weighted by Gasteiger charge is -2.15. The molecule has 1 heterocycles. The minimum atomic E-state index is -4.76. The van der Waals surface area contributed by atoms with Crippen LogP contribution in [0.5, 0.6) is 5.75 Å². The molecule has 0 N–H and O–H groups in total. The van der Waals surface area contributed by atoms with E-state index in [1.165, 1.54) is 38.1 Å². The number of hydrogen-bond acceptors (Lipinski definition) is 6. The van der Waals surface area contributed by atoms with Gasteiger partial charge in [0.05, 0.1) is 13.1 Å². The molecule has 1 aromatic heterocycles. The van der Waals surface area contributed by atoms with Gasteiger partial charge in [0.25, 0.3) is 5.90 Å². The van der Waals surface area contributed by atoms with Crippen molar-refractivity contribution in [3.05, 3.63) is 76.9 Å². The van der Waals surface area contributed by atoms with Gasteiger partial charge in [-0.25, -0.2) is 19.0 Å². The van der Waals surface area contributed by atoms with Crippen molar-refractivity contribution in [1.29, 1.82) is 0 Å². The number of oxime groups is 1. The fourth-order valence-corrected chi connectivity index (χ4v) is 3.03. The normalized spacial score (nSPS) is 12.5. The molecule has 0 bridgehead atoms. The van der Waals surface area contributed by atoms with Crippen LogP contribution in [0.4, 0.5) is 17.6 Å². The van der Waals surface area contributed by atoms with E-state index in [0.29, 0.717) is 23.5 Å². The lowest BCUT2D eigenvalue weighted by Crippen LogP contribution is -2.17. The maximum atomic E-state index is 14.3. The zero-order chi connectivity index (χ0) is 24.9. The molecular formula is C23H23F4N5O2. The molecule has 0 unspecified atom stereocenters. The van der Waals surface area contributed by atoms with E-state index in [4.69, 9.17) is 4.84 Å². The highest BCUT2D eigenvalue weighted by Gasteiger charge is 2.31. The Bertz CT molecular complexity index is 1170. The van der Waals surface area contributed by atoms with E-state index >= 15 is 0 Å². The number of alkyl halides is 4. The Balaban J connectivity index is 1.77. The van der Waals surface area contributed by atoms with Crippen molar-refractivity contribution < 1.29 is 27.1 Å². The van der Waals surface area contributed by atoms with Gasteiger partial charge in [0.1, 0.15) is 17.2 Å². The summed E-state index contributed by atoms with van der Waals surface area (Å²) < 4.78 is 56.7. The monoisotopic (exact) mass is 477 g/mol. The Labute approximate surface area is 193 Å². The average Bonchev–Trinajstić information content (AvgIpc) is 3.10. The molecule has 0 saturated heterocycles. The molecule has 0 spiro atoms. The molecule has 0 aliphatic rings. The SMILES string of the molecule is C=NO/C(=N\Cc1ccc(OC(F)(F)F)cc1)c1nc(C)n(Cc2cccc(C(C)(C)F)c2)n1. The summed E-state index contributed by atoms with van der Waals surface area (Å²) in [5, 5.41) is 7.79. The molecule has 180 valence electrons. The van der Waals surface area contributed by atoms with Crippen LogP contribution in [-0.4, -0.2) is 33.7 Å². The summed E-state index contributed by atoms with van der Waals surface area (Å²) in [6.07, 6.45) is -4.76. The molecule has 0 atom stereocenters. The van der Waals surface area contributed by atoms with Crippen LogP contribution in [-0.2, 0) is 23.6 Å². The van der Waals surface area contributed by atoms with E-state index < -0.39 is 12.0 Å². The Morgan fingerprint density at radius 3 is 2.38 bits per heavy atom. The second-order valence-electron chi connectivity index (χ2n) is 7.85. The molecule has 0 amide bonds. The topological polar surface area (TPSA) is 73.9 Å². The minimum Gasteiger partial charge on any atom is -0.406 e. The zero-order valence-electron chi connectivity index (χ0n) is 18.8. The van der Waals surface area contributed by atoms with Crippen LogP contribution in [0.3, 0.4) is 0 Å². The summed E-state index contributed by atoms with van der Waals surface area (Å²) in [6.45, 7) is 8.42. The summed E-state index contributed by atoms with van der Waals surface area (Å²) in [5.41, 5.74) is 0.515. The fourth-order valence-electron chi connectivity index (χ4n) is 3.03. The van der Waals surface area contributed by atoms with Gasteiger partial charge in [-0.05, 0) is 49.6 Å². The highest BCUT2D eigenvalue weighted by Crippen LogP contribution is 2.25. The van der Waals surface area contributed by atoms with Crippen molar-refractivity contribution in [2.75, 3.05) is 0 Å². The lowest BCUT2D eigenvalue weighted by atomic mass is 9.98. The second-order valence-corrected chi connectivity index (χ2v) is 7.85. The van der Waals surface area contributed by atoms with Crippen LogP contribution in [0.1, 0.15) is 42.2 Å².